The Hall–Kier alpha value is -1.94. The maximum absolute atomic E-state index is 13.1. The van der Waals surface area contributed by atoms with Gasteiger partial charge >= 0.3 is 39.5 Å². The fourth-order valence-corrected chi connectivity index (χ4v) is 12.8. The molecule has 17 nitrogen and oxygen atoms in total. The highest BCUT2D eigenvalue weighted by atomic mass is 31.2. The second kappa shape index (κ2) is 67.6. The predicted molar refractivity (Wildman–Crippen MR) is 372 cm³/mol. The van der Waals surface area contributed by atoms with Crippen LogP contribution in [0.4, 0.5) is 0 Å². The standard InChI is InChI=1S/C73H142O17P2/c1-5-9-13-17-21-25-29-31-33-35-37-39-43-46-50-54-58-71(76)84-64-69(90-73(78)60-56-52-48-44-40-38-36-34-32-30-26-22-18-14-10-6-2)66-88-92(81,82)86-62-67(74)61-85-91(79,80)87-65-68(89-72(77)59-55-51-47-42-28-24-20-16-12-8-4)63-83-70(75)57-53-49-45-41-27-23-19-15-11-7-3/h67-69,74H,5-66H2,1-4H3,(H,79,80)(H,81,82)/t67-,68+,69+/m0/s1. The lowest BCUT2D eigenvalue weighted by Gasteiger charge is -2.21. The van der Waals surface area contributed by atoms with E-state index in [1.807, 2.05) is 0 Å². The summed E-state index contributed by atoms with van der Waals surface area (Å²) in [6.07, 6.45) is 56.7. The third-order valence-corrected chi connectivity index (χ3v) is 19.0. The summed E-state index contributed by atoms with van der Waals surface area (Å²) in [5, 5.41) is 10.6. The Balaban J connectivity index is 5.22. The average Bonchev–Trinajstić information content (AvgIpc) is 2.18. The monoisotopic (exact) mass is 1350 g/mol. The molecule has 0 radical (unpaired) electrons. The van der Waals surface area contributed by atoms with Gasteiger partial charge in [0, 0.05) is 25.7 Å². The summed E-state index contributed by atoms with van der Waals surface area (Å²) in [7, 11) is -9.90. The van der Waals surface area contributed by atoms with Gasteiger partial charge in [0.25, 0.3) is 0 Å². The molecule has 546 valence electrons. The van der Waals surface area contributed by atoms with Gasteiger partial charge in [-0.1, -0.05) is 336 Å². The number of carbonyl (C=O) groups excluding carboxylic acids is 4. The predicted octanol–water partition coefficient (Wildman–Crippen LogP) is 21.4. The third-order valence-electron chi connectivity index (χ3n) is 17.1. The quantitative estimate of drug-likeness (QED) is 0.0222. The van der Waals surface area contributed by atoms with Crippen LogP contribution < -0.4 is 0 Å². The molecule has 3 N–H and O–H groups in total. The van der Waals surface area contributed by atoms with Crippen molar-refractivity contribution in [1.82, 2.24) is 0 Å². The molecule has 0 rings (SSSR count). The summed E-state index contributed by atoms with van der Waals surface area (Å²) in [4.78, 5) is 72.6. The molecule has 0 spiro atoms. The van der Waals surface area contributed by atoms with Gasteiger partial charge in [0.2, 0.25) is 0 Å². The Kier molecular flexibility index (Phi) is 66.2. The molecule has 0 aromatic carbocycles. The number of aliphatic hydroxyl groups is 1. The molecule has 0 heterocycles. The van der Waals surface area contributed by atoms with E-state index in [9.17, 15) is 43.2 Å². The van der Waals surface area contributed by atoms with E-state index in [2.05, 4.69) is 27.7 Å². The second-order valence-electron chi connectivity index (χ2n) is 26.3. The van der Waals surface area contributed by atoms with Crippen molar-refractivity contribution in [3.8, 4) is 0 Å². The molecule has 19 heteroatoms. The van der Waals surface area contributed by atoms with E-state index < -0.39 is 97.5 Å². The highest BCUT2D eigenvalue weighted by Crippen LogP contribution is 2.45. The molecule has 5 atom stereocenters. The van der Waals surface area contributed by atoms with Gasteiger partial charge < -0.3 is 33.8 Å². The van der Waals surface area contributed by atoms with Crippen LogP contribution in [0.2, 0.25) is 0 Å². The number of phosphoric ester groups is 2. The molecular formula is C73H142O17P2. The molecule has 0 fully saturated rings. The molecule has 0 aliphatic rings. The topological polar surface area (TPSA) is 237 Å². The number of esters is 4. The molecule has 0 aromatic rings. The minimum Gasteiger partial charge on any atom is -0.462 e. The zero-order valence-electron chi connectivity index (χ0n) is 59.5. The minimum absolute atomic E-state index is 0.107. The number of ether oxygens (including phenoxy) is 4. The van der Waals surface area contributed by atoms with Crippen LogP contribution in [0.3, 0.4) is 0 Å². The average molecular weight is 1350 g/mol. The van der Waals surface area contributed by atoms with Crippen LogP contribution >= 0.6 is 15.6 Å². The van der Waals surface area contributed by atoms with E-state index in [0.29, 0.717) is 25.7 Å². The van der Waals surface area contributed by atoms with Gasteiger partial charge in [-0.2, -0.15) is 0 Å². The SMILES string of the molecule is CCCCCCCCCCCCCCCCCCC(=O)OC[C@H](COP(=O)(O)OC[C@@H](O)COP(=O)(O)OC[C@@H](COC(=O)CCCCCCCCCCCC)OC(=O)CCCCCCCCCCCC)OC(=O)CCCCCCCCCCCCCCCCCC. The number of hydrogen-bond acceptors (Lipinski definition) is 15. The molecule has 0 saturated carbocycles. The van der Waals surface area contributed by atoms with Gasteiger partial charge in [0.15, 0.2) is 12.2 Å². The molecule has 92 heavy (non-hydrogen) atoms. The third kappa shape index (κ3) is 66.7. The van der Waals surface area contributed by atoms with Crippen LogP contribution in [0.15, 0.2) is 0 Å². The zero-order valence-corrected chi connectivity index (χ0v) is 61.3. The first-order valence-corrected chi connectivity index (χ1v) is 41.3. The lowest BCUT2D eigenvalue weighted by atomic mass is 10.0. The fraction of sp³-hybridized carbons (Fsp3) is 0.945. The van der Waals surface area contributed by atoms with E-state index in [1.54, 1.807) is 0 Å². The Morgan fingerprint density at radius 3 is 0.641 bits per heavy atom. The summed E-state index contributed by atoms with van der Waals surface area (Å²) < 4.78 is 68.4. The smallest absolute Gasteiger partial charge is 0.462 e. The highest BCUT2D eigenvalue weighted by Gasteiger charge is 2.30. The summed E-state index contributed by atoms with van der Waals surface area (Å²) in [5.74, 6) is -2.12. The summed E-state index contributed by atoms with van der Waals surface area (Å²) in [6.45, 7) is 4.96. The Morgan fingerprint density at radius 2 is 0.435 bits per heavy atom. The number of rotatable bonds is 74. The summed E-state index contributed by atoms with van der Waals surface area (Å²) in [6, 6.07) is 0. The van der Waals surface area contributed by atoms with Crippen molar-refractivity contribution in [2.75, 3.05) is 39.6 Å². The van der Waals surface area contributed by atoms with Crippen LogP contribution in [0, 0.1) is 0 Å². The summed E-state index contributed by atoms with van der Waals surface area (Å²) in [5.41, 5.74) is 0. The largest absolute Gasteiger partial charge is 0.472 e. The Morgan fingerprint density at radius 1 is 0.261 bits per heavy atom. The normalized spacial score (nSPS) is 13.9. The van der Waals surface area contributed by atoms with E-state index >= 15 is 0 Å². The number of carbonyl (C=O) groups is 4. The Labute approximate surface area is 562 Å². The fourth-order valence-electron chi connectivity index (χ4n) is 11.2. The van der Waals surface area contributed by atoms with E-state index in [1.165, 1.54) is 218 Å². The molecule has 2 unspecified atom stereocenters. The number of hydrogen-bond donors (Lipinski definition) is 3. The van der Waals surface area contributed by atoms with Gasteiger partial charge in [-0.15, -0.1) is 0 Å². The molecule has 0 saturated heterocycles. The van der Waals surface area contributed by atoms with Crippen molar-refractivity contribution in [3.05, 3.63) is 0 Å². The molecule has 0 bridgehead atoms. The van der Waals surface area contributed by atoms with Gasteiger partial charge in [-0.3, -0.25) is 37.3 Å². The second-order valence-corrected chi connectivity index (χ2v) is 29.2. The number of unbranched alkanes of at least 4 members (excludes halogenated alkanes) is 48. The van der Waals surface area contributed by atoms with Crippen molar-refractivity contribution >= 4 is 39.5 Å². The van der Waals surface area contributed by atoms with Crippen LogP contribution in [0.1, 0.15) is 387 Å². The molecular weight excluding hydrogens is 1210 g/mol. The maximum atomic E-state index is 13.1. The van der Waals surface area contributed by atoms with Crippen molar-refractivity contribution in [2.45, 2.75) is 406 Å². The summed E-state index contributed by atoms with van der Waals surface area (Å²) >= 11 is 0. The molecule has 0 aromatic heterocycles. The minimum atomic E-state index is -4.95. The van der Waals surface area contributed by atoms with Gasteiger partial charge in [-0.25, -0.2) is 9.13 Å². The molecule has 0 aliphatic carbocycles. The first-order chi connectivity index (χ1) is 44.7. The maximum Gasteiger partial charge on any atom is 0.472 e. The lowest BCUT2D eigenvalue weighted by Crippen LogP contribution is -2.30. The van der Waals surface area contributed by atoms with Crippen LogP contribution in [-0.4, -0.2) is 96.7 Å². The van der Waals surface area contributed by atoms with Gasteiger partial charge in [-0.05, 0) is 25.7 Å². The molecule has 0 aliphatic heterocycles. The number of phosphoric acid groups is 2. The van der Waals surface area contributed by atoms with E-state index in [-0.39, 0.29) is 25.7 Å². The van der Waals surface area contributed by atoms with Crippen LogP contribution in [0.25, 0.3) is 0 Å². The van der Waals surface area contributed by atoms with Gasteiger partial charge in [0.05, 0.1) is 26.4 Å². The highest BCUT2D eigenvalue weighted by molar-refractivity contribution is 7.47. The molecule has 0 amide bonds. The van der Waals surface area contributed by atoms with E-state index in [0.717, 1.165) is 89.9 Å². The zero-order chi connectivity index (χ0) is 67.5. The van der Waals surface area contributed by atoms with Gasteiger partial charge in [0.1, 0.15) is 19.3 Å². The van der Waals surface area contributed by atoms with Crippen molar-refractivity contribution in [3.63, 3.8) is 0 Å². The van der Waals surface area contributed by atoms with E-state index in [4.69, 9.17) is 37.0 Å². The van der Waals surface area contributed by atoms with Crippen molar-refractivity contribution in [1.29, 1.82) is 0 Å². The van der Waals surface area contributed by atoms with Crippen molar-refractivity contribution in [2.24, 2.45) is 0 Å². The van der Waals surface area contributed by atoms with Crippen LogP contribution in [0.5, 0.6) is 0 Å². The van der Waals surface area contributed by atoms with Crippen LogP contribution in [-0.2, 0) is 65.4 Å². The first-order valence-electron chi connectivity index (χ1n) is 38.3. The lowest BCUT2D eigenvalue weighted by molar-refractivity contribution is -0.161. The van der Waals surface area contributed by atoms with Crippen molar-refractivity contribution < 1.29 is 80.2 Å². The number of aliphatic hydroxyl groups excluding tert-OH is 1. The Bertz CT molecular complexity index is 1760. The first kappa shape index (κ1) is 90.1.